The molecule has 0 saturated heterocycles. The van der Waals surface area contributed by atoms with Crippen LogP contribution in [0.25, 0.3) is 11.0 Å². The summed E-state index contributed by atoms with van der Waals surface area (Å²) in [4.78, 5) is 4.82. The van der Waals surface area contributed by atoms with Gasteiger partial charge in [0.05, 0.1) is 24.3 Å². The van der Waals surface area contributed by atoms with Crippen molar-refractivity contribution in [1.29, 1.82) is 0 Å². The van der Waals surface area contributed by atoms with E-state index in [-0.39, 0.29) is 20.1 Å². The fourth-order valence-corrected chi connectivity index (χ4v) is 5.13. The van der Waals surface area contributed by atoms with Crippen molar-refractivity contribution >= 4 is 11.0 Å². The van der Waals surface area contributed by atoms with Crippen LogP contribution < -0.4 is 0 Å². The van der Waals surface area contributed by atoms with Crippen LogP contribution in [-0.4, -0.2) is 42.5 Å². The molecular formula is C33H28IrN9. The molecule has 0 spiro atoms. The van der Waals surface area contributed by atoms with E-state index in [9.17, 15) is 0 Å². The molecule has 10 heteroatoms. The second-order valence-electron chi connectivity index (χ2n) is 9.87. The van der Waals surface area contributed by atoms with E-state index in [1.54, 1.807) is 12.4 Å². The van der Waals surface area contributed by atoms with Gasteiger partial charge in [0.15, 0.2) is 0 Å². The minimum atomic E-state index is 0. The molecule has 9 nitrogen and oxygen atoms in total. The first kappa shape index (κ1) is 28.2. The molecule has 214 valence electrons. The van der Waals surface area contributed by atoms with E-state index in [0.717, 1.165) is 46.9 Å². The quantitative estimate of drug-likeness (QED) is 0.209. The van der Waals surface area contributed by atoms with Crippen molar-refractivity contribution in [3.05, 3.63) is 164 Å². The molecule has 43 heavy (non-hydrogen) atoms. The Hall–Kier alpha value is -4.92. The van der Waals surface area contributed by atoms with Gasteiger partial charge in [-0.05, 0) is 36.5 Å². The van der Waals surface area contributed by atoms with Gasteiger partial charge in [-0.1, -0.05) is 17.8 Å². The van der Waals surface area contributed by atoms with Crippen molar-refractivity contribution in [3.63, 3.8) is 0 Å². The van der Waals surface area contributed by atoms with Crippen LogP contribution in [0.2, 0.25) is 0 Å². The third-order valence-electron chi connectivity index (χ3n) is 7.04. The van der Waals surface area contributed by atoms with Gasteiger partial charge in [0.2, 0.25) is 0 Å². The van der Waals surface area contributed by atoms with Gasteiger partial charge in [0, 0.05) is 44.1 Å². The minimum absolute atomic E-state index is 0. The van der Waals surface area contributed by atoms with Crippen LogP contribution in [0.1, 0.15) is 22.8 Å². The van der Waals surface area contributed by atoms with Crippen LogP contribution in [-0.2, 0) is 46.3 Å². The summed E-state index contributed by atoms with van der Waals surface area (Å²) >= 11 is 0. The summed E-state index contributed by atoms with van der Waals surface area (Å²) in [5, 5.41) is 8.54. The second kappa shape index (κ2) is 12.9. The van der Waals surface area contributed by atoms with Crippen molar-refractivity contribution in [2.45, 2.75) is 26.2 Å². The van der Waals surface area contributed by atoms with Crippen LogP contribution in [0.3, 0.4) is 0 Å². The van der Waals surface area contributed by atoms with Crippen molar-refractivity contribution in [3.8, 4) is 0 Å². The summed E-state index contributed by atoms with van der Waals surface area (Å²) in [7, 11) is 0. The van der Waals surface area contributed by atoms with Crippen molar-refractivity contribution in [1.82, 2.24) is 42.5 Å². The summed E-state index contributed by atoms with van der Waals surface area (Å²) in [6.07, 6.45) is 22.0. The third kappa shape index (κ3) is 6.30. The molecule has 0 radical (unpaired) electrons. The number of pyridine rings is 2. The van der Waals surface area contributed by atoms with Crippen LogP contribution in [0.4, 0.5) is 0 Å². The normalized spacial score (nSPS) is 11.0. The first-order valence-electron chi connectivity index (χ1n) is 13.8. The molecule has 8 rings (SSSR count). The summed E-state index contributed by atoms with van der Waals surface area (Å²) in [5.74, 6) is 1.01. The minimum Gasteiger partial charge on any atom is -0.466 e. The first-order chi connectivity index (χ1) is 20.8. The number of fused-ring (bicyclic) bond motifs is 2. The number of imidazole rings is 1. The summed E-state index contributed by atoms with van der Waals surface area (Å²) in [6.45, 7) is 2.88. The third-order valence-corrected chi connectivity index (χ3v) is 7.04. The molecule has 0 saturated carbocycles. The molecule has 8 aromatic heterocycles. The monoisotopic (exact) mass is 743 g/mol. The molecule has 0 aromatic carbocycles. The summed E-state index contributed by atoms with van der Waals surface area (Å²) in [6, 6.07) is 27.5. The Kier molecular flexibility index (Phi) is 8.49. The van der Waals surface area contributed by atoms with Crippen LogP contribution >= 0.6 is 0 Å². The van der Waals surface area contributed by atoms with Gasteiger partial charge < -0.3 is 17.9 Å². The number of nitrogens with zero attached hydrogens (tertiary/aromatic N) is 9. The zero-order valence-corrected chi connectivity index (χ0v) is 25.6. The van der Waals surface area contributed by atoms with E-state index >= 15 is 0 Å². The van der Waals surface area contributed by atoms with Crippen molar-refractivity contribution in [2.24, 2.45) is 0 Å². The predicted octanol–water partition coefficient (Wildman–Crippen LogP) is 4.86. The Morgan fingerprint density at radius 3 is 1.88 bits per heavy atom. The molecule has 0 atom stereocenters. The fraction of sp³-hybridized carbons (Fsp3) is 0.121. The van der Waals surface area contributed by atoms with Gasteiger partial charge in [0.1, 0.15) is 5.82 Å². The molecule has 0 aliphatic heterocycles. The number of rotatable bonds is 8. The fourth-order valence-electron chi connectivity index (χ4n) is 5.13. The smallest absolute Gasteiger partial charge is 0.466 e. The van der Waals surface area contributed by atoms with E-state index in [4.69, 9.17) is 4.98 Å². The molecule has 0 aliphatic rings. The molecule has 0 unspecified atom stereocenters. The Bertz CT molecular complexity index is 1690. The zero-order valence-electron chi connectivity index (χ0n) is 23.2. The molecular weight excluding hydrogens is 715 g/mol. The van der Waals surface area contributed by atoms with Crippen LogP contribution in [0.5, 0.6) is 0 Å². The molecule has 0 N–H and O–H groups in total. The van der Waals surface area contributed by atoms with Gasteiger partial charge in [-0.3, -0.25) is 9.36 Å². The van der Waals surface area contributed by atoms with Gasteiger partial charge in [-0.25, -0.2) is 11.1 Å². The number of aromatic nitrogens is 9. The molecule has 0 aliphatic carbocycles. The average Bonchev–Trinajstić information content (AvgIpc) is 3.86. The molecule has 0 amide bonds. The van der Waals surface area contributed by atoms with E-state index in [0.29, 0.717) is 13.1 Å². The van der Waals surface area contributed by atoms with E-state index in [2.05, 4.69) is 62.0 Å². The van der Waals surface area contributed by atoms with Gasteiger partial charge in [-0.15, -0.1) is 36.4 Å². The maximum atomic E-state index is 4.82. The molecule has 0 fully saturated rings. The Morgan fingerprint density at radius 1 is 0.581 bits per heavy atom. The Morgan fingerprint density at radius 2 is 1.23 bits per heavy atom. The first-order valence-corrected chi connectivity index (χ1v) is 13.8. The summed E-state index contributed by atoms with van der Waals surface area (Å²) < 4.78 is 12.2. The molecule has 0 bridgehead atoms. The van der Waals surface area contributed by atoms with Crippen molar-refractivity contribution < 1.29 is 20.1 Å². The Balaban J connectivity index is 0.000000150. The average molecular weight is 743 g/mol. The molecule has 8 aromatic rings. The SMILES string of the molecule is [Ir+3].[c-]1c(Cn2cccn2)c2ccccn2c1Cn1cccn1.[c-]1cccn1Cc1nc(Cn2[c-]ccc2)n2ccccc12. The topological polar surface area (TPSA) is 67.2 Å². The maximum Gasteiger partial charge on any atom is 3.00 e. The number of hydrogen-bond acceptors (Lipinski definition) is 3. The molecule has 8 heterocycles. The largest absolute Gasteiger partial charge is 3.00 e. The second-order valence-corrected chi connectivity index (χ2v) is 9.87. The standard InChI is InChI=1S/C17H14N4.C16H14N5.Ir/c1-2-12-21-16(7-1)15(13-19-8-3-4-9-19)18-17(21)14-20-10-5-6-11-20;1-2-10-21-15(13-20-9-4-7-18-20)11-14(16(21)5-1)12-19-8-3-6-17-19;/h1-8,10,12H,13-14H2;1-10H,12-13H2;/q-2;-1;+3. The maximum absolute atomic E-state index is 4.82. The predicted molar refractivity (Wildman–Crippen MR) is 159 cm³/mol. The van der Waals surface area contributed by atoms with E-state index < -0.39 is 0 Å². The number of hydrogen-bond donors (Lipinski definition) is 0. The van der Waals surface area contributed by atoms with Crippen LogP contribution in [0.15, 0.2) is 122 Å². The van der Waals surface area contributed by atoms with E-state index in [1.807, 2.05) is 104 Å². The van der Waals surface area contributed by atoms with E-state index in [1.165, 1.54) is 0 Å². The van der Waals surface area contributed by atoms with Gasteiger partial charge in [-0.2, -0.15) is 40.0 Å². The Labute approximate surface area is 262 Å². The van der Waals surface area contributed by atoms with Gasteiger partial charge >= 0.3 is 20.1 Å². The summed E-state index contributed by atoms with van der Waals surface area (Å²) in [5.41, 5.74) is 5.60. The van der Waals surface area contributed by atoms with Crippen LogP contribution in [0, 0.1) is 18.5 Å². The van der Waals surface area contributed by atoms with Crippen molar-refractivity contribution in [2.75, 3.05) is 0 Å². The zero-order chi connectivity index (χ0) is 28.1. The van der Waals surface area contributed by atoms with Gasteiger partial charge in [0.25, 0.3) is 0 Å².